The van der Waals surface area contributed by atoms with Gasteiger partial charge in [0, 0.05) is 16.6 Å². The predicted octanol–water partition coefficient (Wildman–Crippen LogP) is 6.06. The molecule has 4 rings (SSSR count). The third-order valence-corrected chi connectivity index (χ3v) is 8.00. The topological polar surface area (TPSA) is 101 Å². The highest BCUT2D eigenvalue weighted by atomic mass is 35.5. The van der Waals surface area contributed by atoms with Crippen molar-refractivity contribution >= 4 is 45.3 Å². The maximum absolute atomic E-state index is 13.5. The highest BCUT2D eigenvalue weighted by Crippen LogP contribution is 2.24. The van der Waals surface area contributed by atoms with Gasteiger partial charge in [0.05, 0.1) is 30.3 Å². The summed E-state index contributed by atoms with van der Waals surface area (Å²) in [6.45, 7) is 1.97. The van der Waals surface area contributed by atoms with Gasteiger partial charge < -0.3 is 9.15 Å². The van der Waals surface area contributed by atoms with Crippen LogP contribution in [0.25, 0.3) is 0 Å². The molecule has 0 aliphatic heterocycles. The molecular weight excluding hydrogens is 561 g/mol. The van der Waals surface area contributed by atoms with E-state index in [4.69, 9.17) is 32.4 Å². The Hall–Kier alpha value is -3.63. The van der Waals surface area contributed by atoms with Gasteiger partial charge in [0.1, 0.15) is 17.3 Å². The molecule has 3 aromatic carbocycles. The van der Waals surface area contributed by atoms with Crippen molar-refractivity contribution < 1.29 is 22.4 Å². The van der Waals surface area contributed by atoms with E-state index in [2.05, 4.69) is 10.5 Å². The molecule has 0 atom stereocenters. The number of sulfonamides is 1. The second-order valence-electron chi connectivity index (χ2n) is 8.56. The Morgan fingerprint density at radius 2 is 1.67 bits per heavy atom. The van der Waals surface area contributed by atoms with E-state index in [0.29, 0.717) is 27.3 Å². The van der Waals surface area contributed by atoms with Crippen LogP contribution in [0.4, 0.5) is 0 Å². The van der Waals surface area contributed by atoms with Gasteiger partial charge in [0.25, 0.3) is 5.91 Å². The van der Waals surface area contributed by atoms with Crippen LogP contribution < -0.4 is 10.2 Å². The van der Waals surface area contributed by atoms with E-state index < -0.39 is 15.9 Å². The van der Waals surface area contributed by atoms with Crippen LogP contribution in [-0.4, -0.2) is 32.0 Å². The molecule has 0 aliphatic carbocycles. The van der Waals surface area contributed by atoms with Gasteiger partial charge in [0.2, 0.25) is 10.0 Å². The Morgan fingerprint density at radius 3 is 2.36 bits per heavy atom. The van der Waals surface area contributed by atoms with E-state index in [9.17, 15) is 13.2 Å². The van der Waals surface area contributed by atoms with Gasteiger partial charge in [-0.05, 0) is 67.1 Å². The third-order valence-electron chi connectivity index (χ3n) is 5.71. The maximum atomic E-state index is 13.5. The van der Waals surface area contributed by atoms with Crippen molar-refractivity contribution in [2.75, 3.05) is 7.11 Å². The summed E-state index contributed by atoms with van der Waals surface area (Å²) in [5, 5.41) is 4.87. The van der Waals surface area contributed by atoms with Gasteiger partial charge in [0.15, 0.2) is 0 Å². The number of furan rings is 1. The van der Waals surface area contributed by atoms with Crippen molar-refractivity contribution in [1.82, 2.24) is 9.73 Å². The van der Waals surface area contributed by atoms with Crippen molar-refractivity contribution in [3.63, 3.8) is 0 Å². The van der Waals surface area contributed by atoms with E-state index >= 15 is 0 Å². The quantitative estimate of drug-likeness (QED) is 0.180. The summed E-state index contributed by atoms with van der Waals surface area (Å²) in [5.74, 6) is 0.546. The van der Waals surface area contributed by atoms with Crippen LogP contribution in [0.1, 0.15) is 33.0 Å². The molecule has 202 valence electrons. The molecule has 1 amide bonds. The number of methoxy groups -OCH3 is 1. The van der Waals surface area contributed by atoms with Crippen LogP contribution in [0.2, 0.25) is 10.0 Å². The van der Waals surface area contributed by atoms with Crippen LogP contribution in [0.3, 0.4) is 0 Å². The van der Waals surface area contributed by atoms with E-state index in [1.807, 2.05) is 6.92 Å². The zero-order chi connectivity index (χ0) is 28.0. The lowest BCUT2D eigenvalue weighted by Crippen LogP contribution is -2.30. The number of carbonyl (C=O) groups is 1. The summed E-state index contributed by atoms with van der Waals surface area (Å²) in [5.41, 5.74) is 4.34. The average molecular weight is 586 g/mol. The lowest BCUT2D eigenvalue weighted by atomic mass is 10.2. The number of nitrogens with zero attached hydrogens (tertiary/aromatic N) is 2. The number of hydrazone groups is 1. The molecule has 1 aromatic heterocycles. The highest BCUT2D eigenvalue weighted by molar-refractivity contribution is 7.89. The molecule has 0 saturated heterocycles. The molecular formula is C28H25Cl2N3O5S. The number of hydrogen-bond donors (Lipinski definition) is 1. The predicted molar refractivity (Wildman–Crippen MR) is 151 cm³/mol. The normalized spacial score (nSPS) is 11.7. The minimum atomic E-state index is -3.86. The smallest absolute Gasteiger partial charge is 0.275 e. The van der Waals surface area contributed by atoms with Crippen LogP contribution in [0, 0.1) is 6.92 Å². The van der Waals surface area contributed by atoms with Crippen LogP contribution >= 0.6 is 23.2 Å². The maximum Gasteiger partial charge on any atom is 0.275 e. The van der Waals surface area contributed by atoms with E-state index in [0.717, 1.165) is 11.1 Å². The number of nitrogens with one attached hydrogen (secondary N) is 1. The number of halogens is 2. The first-order chi connectivity index (χ1) is 18.7. The molecule has 0 saturated carbocycles. The van der Waals surface area contributed by atoms with E-state index in [1.165, 1.54) is 23.7 Å². The van der Waals surface area contributed by atoms with Crippen molar-refractivity contribution in [2.45, 2.75) is 24.9 Å². The largest absolute Gasteiger partial charge is 0.496 e. The minimum Gasteiger partial charge on any atom is -0.496 e. The molecule has 4 aromatic rings. The molecule has 0 unspecified atom stereocenters. The molecule has 0 aliphatic rings. The molecule has 0 radical (unpaired) electrons. The fourth-order valence-corrected chi connectivity index (χ4v) is 5.37. The molecule has 8 nitrogen and oxygen atoms in total. The number of hydrogen-bond acceptors (Lipinski definition) is 6. The van der Waals surface area contributed by atoms with Crippen molar-refractivity contribution in [2.24, 2.45) is 5.10 Å². The fourth-order valence-electron chi connectivity index (χ4n) is 3.67. The molecule has 0 fully saturated rings. The summed E-state index contributed by atoms with van der Waals surface area (Å²) in [7, 11) is -2.41. The number of rotatable bonds is 10. The van der Waals surface area contributed by atoms with Gasteiger partial charge >= 0.3 is 0 Å². The highest BCUT2D eigenvalue weighted by Gasteiger charge is 2.26. The second kappa shape index (κ2) is 12.5. The molecule has 0 spiro atoms. The Balaban J connectivity index is 1.51. The van der Waals surface area contributed by atoms with Crippen molar-refractivity contribution in [3.8, 4) is 5.75 Å². The zero-order valence-corrected chi connectivity index (χ0v) is 23.4. The molecule has 1 heterocycles. The van der Waals surface area contributed by atoms with E-state index in [1.54, 1.807) is 72.8 Å². The van der Waals surface area contributed by atoms with Crippen molar-refractivity contribution in [3.05, 3.63) is 117 Å². The van der Waals surface area contributed by atoms with Crippen molar-refractivity contribution in [1.29, 1.82) is 0 Å². The standard InChI is InChI=1S/C28H25Cl2N3O5S/c1-19-3-12-25(13-4-19)39(35,36)33(17-20-5-7-21(29)8-6-20)18-24-11-10-23(38-24)16-31-32-28(34)26-15-22(30)9-14-27(26)37-2/h3-16H,17-18H2,1-2H3,(H,32,34)/b31-16-. The monoisotopic (exact) mass is 585 g/mol. The Labute approximate surface area is 236 Å². The first kappa shape index (κ1) is 28.4. The third kappa shape index (κ3) is 7.27. The van der Waals surface area contributed by atoms with Crippen LogP contribution in [0.15, 0.2) is 93.3 Å². The number of amides is 1. The summed E-state index contributed by atoms with van der Waals surface area (Å²) in [6.07, 6.45) is 1.32. The Bertz CT molecular complexity index is 1580. The first-order valence-electron chi connectivity index (χ1n) is 11.7. The zero-order valence-electron chi connectivity index (χ0n) is 21.1. The van der Waals surface area contributed by atoms with Gasteiger partial charge in [-0.1, -0.05) is 53.0 Å². The lowest BCUT2D eigenvalue weighted by Gasteiger charge is -2.21. The summed E-state index contributed by atoms with van der Waals surface area (Å²) >= 11 is 12.0. The Morgan fingerprint density at radius 1 is 0.974 bits per heavy atom. The molecule has 1 N–H and O–H groups in total. The van der Waals surface area contributed by atoms with Gasteiger partial charge in [-0.25, -0.2) is 13.8 Å². The summed E-state index contributed by atoms with van der Waals surface area (Å²) in [4.78, 5) is 12.7. The first-order valence-corrected chi connectivity index (χ1v) is 13.9. The fraction of sp³-hybridized carbons (Fsp3) is 0.143. The second-order valence-corrected chi connectivity index (χ2v) is 11.4. The lowest BCUT2D eigenvalue weighted by molar-refractivity contribution is 0.0952. The van der Waals surface area contributed by atoms with Gasteiger partial charge in [-0.3, -0.25) is 4.79 Å². The molecule has 11 heteroatoms. The van der Waals surface area contributed by atoms with Gasteiger partial charge in [-0.15, -0.1) is 0 Å². The van der Waals surface area contributed by atoms with Crippen LogP contribution in [-0.2, 0) is 23.1 Å². The van der Waals surface area contributed by atoms with Crippen LogP contribution in [0.5, 0.6) is 5.75 Å². The number of aryl methyl sites for hydroxylation is 1. The number of benzene rings is 3. The Kier molecular flexibility index (Phi) is 9.08. The average Bonchev–Trinajstić information content (AvgIpc) is 3.36. The number of ether oxygens (including phenoxy) is 1. The number of carbonyl (C=O) groups excluding carboxylic acids is 1. The minimum absolute atomic E-state index is 0.0290. The molecule has 0 bridgehead atoms. The van der Waals surface area contributed by atoms with Gasteiger partial charge in [-0.2, -0.15) is 9.41 Å². The molecule has 39 heavy (non-hydrogen) atoms. The summed E-state index contributed by atoms with van der Waals surface area (Å²) in [6, 6.07) is 21.6. The summed E-state index contributed by atoms with van der Waals surface area (Å²) < 4.78 is 39.4. The SMILES string of the molecule is COc1ccc(Cl)cc1C(=O)N/N=C\c1ccc(CN(Cc2ccc(Cl)cc2)S(=O)(=O)c2ccc(C)cc2)o1. The van der Waals surface area contributed by atoms with E-state index in [-0.39, 0.29) is 23.5 Å².